The lowest BCUT2D eigenvalue weighted by atomic mass is 10.2. The van der Waals surface area contributed by atoms with Gasteiger partial charge in [0.05, 0.1) is 4.91 Å². The minimum Gasteiger partial charge on any atom is -0.274 e. The Kier molecular flexibility index (Phi) is 4.30. The van der Waals surface area contributed by atoms with Crippen LogP contribution in [0, 0.1) is 0 Å². The fourth-order valence-electron chi connectivity index (χ4n) is 1.50. The fraction of sp³-hybridized carbons (Fsp3) is 0.0833. The number of benzene rings is 1. The third-order valence-electron chi connectivity index (χ3n) is 2.36. The van der Waals surface area contributed by atoms with E-state index in [4.69, 9.17) is 35.4 Å². The van der Waals surface area contributed by atoms with E-state index in [0.29, 0.717) is 20.5 Å². The summed E-state index contributed by atoms with van der Waals surface area (Å²) in [4.78, 5) is 24.6. The topological polar surface area (TPSA) is 37.4 Å². The van der Waals surface area contributed by atoms with Crippen LogP contribution in [0.3, 0.4) is 0 Å². The number of rotatable bonds is 1. The summed E-state index contributed by atoms with van der Waals surface area (Å²) in [5.41, 5.74) is 0.648. The zero-order valence-electron chi connectivity index (χ0n) is 9.65. The molecule has 3 nitrogen and oxygen atoms in total. The van der Waals surface area contributed by atoms with E-state index >= 15 is 0 Å². The molecule has 1 aromatic rings. The summed E-state index contributed by atoms with van der Waals surface area (Å²) in [6, 6.07) is 4.95. The van der Waals surface area contributed by atoms with Crippen LogP contribution in [0.2, 0.25) is 10.0 Å². The van der Waals surface area contributed by atoms with E-state index in [0.717, 1.165) is 16.7 Å². The number of nitrogens with zero attached hydrogens (tertiary/aromatic N) is 1. The summed E-state index contributed by atoms with van der Waals surface area (Å²) in [5, 5.41) is 0.944. The number of halogens is 2. The van der Waals surface area contributed by atoms with Gasteiger partial charge in [-0.3, -0.25) is 9.59 Å². The molecule has 2 rings (SSSR count). The molecule has 0 saturated carbocycles. The molecule has 19 heavy (non-hydrogen) atoms. The monoisotopic (exact) mass is 331 g/mol. The van der Waals surface area contributed by atoms with Crippen molar-refractivity contribution in [2.75, 3.05) is 0 Å². The van der Waals surface area contributed by atoms with Gasteiger partial charge in [0, 0.05) is 17.0 Å². The van der Waals surface area contributed by atoms with Gasteiger partial charge in [0.2, 0.25) is 5.91 Å². The number of amides is 2. The summed E-state index contributed by atoms with van der Waals surface area (Å²) in [5.74, 6) is -0.818. The Bertz CT molecular complexity index is 628. The summed E-state index contributed by atoms with van der Waals surface area (Å²) in [7, 11) is 0. The van der Waals surface area contributed by atoms with E-state index in [1.807, 2.05) is 0 Å². The Morgan fingerprint density at radius 1 is 1.42 bits per heavy atom. The number of thiocarbonyl (C=S) groups is 1. The smallest absolute Gasteiger partial charge is 0.273 e. The second kappa shape index (κ2) is 5.63. The number of imide groups is 1. The molecule has 0 bridgehead atoms. The van der Waals surface area contributed by atoms with Gasteiger partial charge in [-0.05, 0) is 23.8 Å². The van der Waals surface area contributed by atoms with E-state index in [1.54, 1.807) is 24.3 Å². The van der Waals surface area contributed by atoms with Crippen LogP contribution in [0.4, 0.5) is 0 Å². The highest BCUT2D eigenvalue weighted by Crippen LogP contribution is 2.34. The lowest BCUT2D eigenvalue weighted by molar-refractivity contribution is -0.135. The van der Waals surface area contributed by atoms with Gasteiger partial charge < -0.3 is 0 Å². The van der Waals surface area contributed by atoms with Gasteiger partial charge in [-0.2, -0.15) is 0 Å². The average Bonchev–Trinajstić information content (AvgIpc) is 2.58. The molecule has 0 aromatic heterocycles. The molecule has 7 heteroatoms. The maximum atomic E-state index is 12.0. The minimum atomic E-state index is -0.423. The van der Waals surface area contributed by atoms with E-state index in [-0.39, 0.29) is 4.32 Å². The van der Waals surface area contributed by atoms with Crippen molar-refractivity contribution in [3.63, 3.8) is 0 Å². The number of thioether (sulfide) groups is 1. The van der Waals surface area contributed by atoms with Gasteiger partial charge in [-0.1, -0.05) is 53.2 Å². The molecule has 0 unspecified atom stereocenters. The first-order chi connectivity index (χ1) is 8.90. The molecule has 0 radical (unpaired) electrons. The quantitative estimate of drug-likeness (QED) is 0.580. The predicted octanol–water partition coefficient (Wildman–Crippen LogP) is 3.74. The molecular weight excluding hydrogens is 325 g/mol. The molecule has 98 valence electrons. The first kappa shape index (κ1) is 14.5. The van der Waals surface area contributed by atoms with E-state index in [1.165, 1.54) is 6.92 Å². The van der Waals surface area contributed by atoms with Crippen LogP contribution in [0.15, 0.2) is 23.1 Å². The molecule has 1 aliphatic rings. The zero-order valence-corrected chi connectivity index (χ0v) is 12.8. The highest BCUT2D eigenvalue weighted by atomic mass is 35.5. The molecule has 0 atom stereocenters. The van der Waals surface area contributed by atoms with Crippen LogP contribution in [-0.4, -0.2) is 21.0 Å². The van der Waals surface area contributed by atoms with Crippen molar-refractivity contribution in [3.05, 3.63) is 38.7 Å². The number of hydrogen-bond donors (Lipinski definition) is 0. The van der Waals surface area contributed by atoms with Gasteiger partial charge in [-0.15, -0.1) is 0 Å². The Labute approximate surface area is 129 Å². The van der Waals surface area contributed by atoms with Crippen molar-refractivity contribution >= 4 is 69.4 Å². The van der Waals surface area contributed by atoms with Crippen molar-refractivity contribution < 1.29 is 9.59 Å². The Hall–Kier alpha value is -0.880. The van der Waals surface area contributed by atoms with Crippen LogP contribution in [0.5, 0.6) is 0 Å². The standard InChI is InChI=1S/C12H7Cl2NO2S2/c1-6(16)15-11(17)10(19-12(15)18)4-7-2-3-8(13)5-9(7)14/h2-5H,1H3. The summed E-state index contributed by atoms with van der Waals surface area (Å²) >= 11 is 17.9. The molecule has 0 aliphatic carbocycles. The second-order valence-corrected chi connectivity index (χ2v) is 6.22. The van der Waals surface area contributed by atoms with Gasteiger partial charge in [-0.25, -0.2) is 4.90 Å². The predicted molar refractivity (Wildman–Crippen MR) is 82.2 cm³/mol. The van der Waals surface area contributed by atoms with Gasteiger partial charge >= 0.3 is 0 Å². The van der Waals surface area contributed by atoms with Crippen molar-refractivity contribution in [2.45, 2.75) is 6.92 Å². The summed E-state index contributed by atoms with van der Waals surface area (Å²) in [6.07, 6.45) is 1.60. The highest BCUT2D eigenvalue weighted by Gasteiger charge is 2.34. The molecule has 1 fully saturated rings. The Balaban J connectivity index is 2.38. The molecule has 1 saturated heterocycles. The molecule has 1 heterocycles. The number of hydrogen-bond acceptors (Lipinski definition) is 4. The third-order valence-corrected chi connectivity index (χ3v) is 4.22. The van der Waals surface area contributed by atoms with Crippen molar-refractivity contribution in [1.29, 1.82) is 0 Å². The molecular formula is C12H7Cl2NO2S2. The van der Waals surface area contributed by atoms with Crippen LogP contribution >= 0.6 is 47.2 Å². The first-order valence-electron chi connectivity index (χ1n) is 5.13. The van der Waals surface area contributed by atoms with Crippen molar-refractivity contribution in [2.24, 2.45) is 0 Å². The minimum absolute atomic E-state index is 0.230. The highest BCUT2D eigenvalue weighted by molar-refractivity contribution is 8.26. The molecule has 0 spiro atoms. The number of carbonyl (C=O) groups excluding carboxylic acids is 2. The zero-order chi connectivity index (χ0) is 14.2. The first-order valence-corrected chi connectivity index (χ1v) is 7.12. The molecule has 2 amide bonds. The van der Waals surface area contributed by atoms with Crippen LogP contribution in [0.1, 0.15) is 12.5 Å². The molecule has 1 aliphatic heterocycles. The van der Waals surface area contributed by atoms with Gasteiger partial charge in [0.15, 0.2) is 4.32 Å². The lowest BCUT2D eigenvalue weighted by Crippen LogP contribution is -2.32. The maximum absolute atomic E-state index is 12.0. The van der Waals surface area contributed by atoms with Crippen LogP contribution < -0.4 is 0 Å². The molecule has 1 aromatic carbocycles. The normalized spacial score (nSPS) is 17.4. The summed E-state index contributed by atoms with van der Waals surface area (Å²) < 4.78 is 0.230. The maximum Gasteiger partial charge on any atom is 0.273 e. The van der Waals surface area contributed by atoms with Gasteiger partial charge in [0.1, 0.15) is 0 Å². The van der Waals surface area contributed by atoms with Crippen LogP contribution in [-0.2, 0) is 9.59 Å². The second-order valence-electron chi connectivity index (χ2n) is 3.70. The van der Waals surface area contributed by atoms with E-state index < -0.39 is 11.8 Å². The lowest BCUT2D eigenvalue weighted by Gasteiger charge is -2.07. The third kappa shape index (κ3) is 3.00. The van der Waals surface area contributed by atoms with Gasteiger partial charge in [0.25, 0.3) is 5.91 Å². The average molecular weight is 332 g/mol. The van der Waals surface area contributed by atoms with Crippen molar-refractivity contribution in [3.8, 4) is 0 Å². The van der Waals surface area contributed by atoms with E-state index in [9.17, 15) is 9.59 Å². The molecule has 0 N–H and O–H groups in total. The summed E-state index contributed by atoms with van der Waals surface area (Å²) in [6.45, 7) is 1.29. The largest absolute Gasteiger partial charge is 0.274 e. The SMILES string of the molecule is CC(=O)N1C(=O)C(=Cc2ccc(Cl)cc2Cl)SC1=S. The van der Waals surface area contributed by atoms with Crippen molar-refractivity contribution in [1.82, 2.24) is 4.90 Å². The fourth-order valence-corrected chi connectivity index (χ4v) is 3.30. The number of carbonyl (C=O) groups is 2. The Morgan fingerprint density at radius 2 is 2.11 bits per heavy atom. The Morgan fingerprint density at radius 3 is 2.63 bits per heavy atom. The van der Waals surface area contributed by atoms with E-state index in [2.05, 4.69) is 0 Å². The van der Waals surface area contributed by atoms with Crippen LogP contribution in [0.25, 0.3) is 6.08 Å².